The van der Waals surface area contributed by atoms with Gasteiger partial charge in [0, 0.05) is 32.9 Å². The van der Waals surface area contributed by atoms with E-state index in [2.05, 4.69) is 93.7 Å². The zero-order valence-electron chi connectivity index (χ0n) is 14.3. The summed E-state index contributed by atoms with van der Waals surface area (Å²) in [6.07, 6.45) is 6.59. The van der Waals surface area contributed by atoms with Gasteiger partial charge < -0.3 is 0 Å². The van der Waals surface area contributed by atoms with Gasteiger partial charge in [-0.2, -0.15) is 0 Å². The SMILES string of the molecule is CCCCC#Cc1ccc2c(Br)c(C#CCCCC)ccc2c1Br. The number of fused-ring (bicyclic) bond motifs is 1. The van der Waals surface area contributed by atoms with Crippen LogP contribution in [0.25, 0.3) is 10.8 Å². The number of hydrogen-bond acceptors (Lipinski definition) is 0. The fourth-order valence-electron chi connectivity index (χ4n) is 2.37. The minimum absolute atomic E-state index is 0.955. The second kappa shape index (κ2) is 9.93. The van der Waals surface area contributed by atoms with Crippen LogP contribution in [-0.4, -0.2) is 0 Å². The van der Waals surface area contributed by atoms with Crippen LogP contribution in [0.4, 0.5) is 0 Å². The number of halogens is 2. The summed E-state index contributed by atoms with van der Waals surface area (Å²) in [5.41, 5.74) is 2.10. The molecule has 0 fully saturated rings. The molecule has 0 saturated heterocycles. The van der Waals surface area contributed by atoms with Crippen LogP contribution < -0.4 is 0 Å². The summed E-state index contributed by atoms with van der Waals surface area (Å²) in [5, 5.41) is 2.34. The highest BCUT2D eigenvalue weighted by molar-refractivity contribution is 9.11. The third-order valence-electron chi connectivity index (χ3n) is 3.83. The maximum Gasteiger partial charge on any atom is 0.0410 e. The van der Waals surface area contributed by atoms with E-state index < -0.39 is 0 Å². The lowest BCUT2D eigenvalue weighted by atomic mass is 10.0. The van der Waals surface area contributed by atoms with E-state index in [4.69, 9.17) is 0 Å². The van der Waals surface area contributed by atoms with Gasteiger partial charge in [0.1, 0.15) is 0 Å². The highest BCUT2D eigenvalue weighted by atomic mass is 79.9. The molecular weight excluding hydrogens is 424 g/mol. The molecular formula is C22H22Br2. The number of rotatable bonds is 4. The third kappa shape index (κ3) is 4.89. The molecule has 0 N–H and O–H groups in total. The Morgan fingerprint density at radius 1 is 0.708 bits per heavy atom. The van der Waals surface area contributed by atoms with E-state index >= 15 is 0 Å². The Hall–Kier alpha value is -1.22. The molecule has 0 nitrogen and oxygen atoms in total. The summed E-state index contributed by atoms with van der Waals surface area (Å²) < 4.78 is 2.13. The maximum atomic E-state index is 3.72. The van der Waals surface area contributed by atoms with Crippen LogP contribution in [-0.2, 0) is 0 Å². The average molecular weight is 446 g/mol. The first-order chi connectivity index (χ1) is 11.7. The zero-order chi connectivity index (χ0) is 17.4. The van der Waals surface area contributed by atoms with Crippen LogP contribution >= 0.6 is 31.9 Å². The Morgan fingerprint density at radius 2 is 1.12 bits per heavy atom. The van der Waals surface area contributed by atoms with Gasteiger partial charge in [0.25, 0.3) is 0 Å². The van der Waals surface area contributed by atoms with E-state index in [1.165, 1.54) is 23.6 Å². The van der Waals surface area contributed by atoms with Gasteiger partial charge in [-0.15, -0.1) is 0 Å². The fourth-order valence-corrected chi connectivity index (χ4v) is 3.53. The highest BCUT2D eigenvalue weighted by Crippen LogP contribution is 2.33. The van der Waals surface area contributed by atoms with E-state index in [0.717, 1.165) is 45.8 Å². The minimum atomic E-state index is 0.955. The lowest BCUT2D eigenvalue weighted by Crippen LogP contribution is -1.86. The number of unbranched alkanes of at least 4 members (excludes halogenated alkanes) is 4. The van der Waals surface area contributed by atoms with Crippen molar-refractivity contribution in [2.45, 2.75) is 52.4 Å². The smallest absolute Gasteiger partial charge is 0.0410 e. The predicted octanol–water partition coefficient (Wildman–Crippen LogP) is 7.45. The summed E-state index contributed by atoms with van der Waals surface area (Å²) in [5.74, 6) is 13.1. The second-order valence-electron chi connectivity index (χ2n) is 5.76. The minimum Gasteiger partial charge on any atom is -0.0979 e. The van der Waals surface area contributed by atoms with Crippen molar-refractivity contribution in [2.24, 2.45) is 0 Å². The molecule has 0 heterocycles. The molecule has 0 amide bonds. The van der Waals surface area contributed by atoms with Gasteiger partial charge in [0.15, 0.2) is 0 Å². The molecule has 2 aromatic carbocycles. The van der Waals surface area contributed by atoms with Gasteiger partial charge in [-0.25, -0.2) is 0 Å². The van der Waals surface area contributed by atoms with Crippen molar-refractivity contribution in [2.75, 3.05) is 0 Å². The molecule has 0 radical (unpaired) electrons. The van der Waals surface area contributed by atoms with E-state index in [9.17, 15) is 0 Å². The van der Waals surface area contributed by atoms with Crippen molar-refractivity contribution >= 4 is 42.6 Å². The van der Waals surface area contributed by atoms with E-state index in [-0.39, 0.29) is 0 Å². The largest absolute Gasteiger partial charge is 0.0979 e. The van der Waals surface area contributed by atoms with Crippen LogP contribution in [0.5, 0.6) is 0 Å². The third-order valence-corrected chi connectivity index (χ3v) is 5.53. The first-order valence-electron chi connectivity index (χ1n) is 8.57. The first-order valence-corrected chi connectivity index (χ1v) is 10.2. The zero-order valence-corrected chi connectivity index (χ0v) is 17.5. The predicted molar refractivity (Wildman–Crippen MR) is 112 cm³/mol. The highest BCUT2D eigenvalue weighted by Gasteiger charge is 2.08. The van der Waals surface area contributed by atoms with E-state index in [0.29, 0.717) is 0 Å². The summed E-state index contributed by atoms with van der Waals surface area (Å²) in [4.78, 5) is 0. The van der Waals surface area contributed by atoms with Crippen LogP contribution in [0, 0.1) is 23.7 Å². The Balaban J connectivity index is 2.35. The van der Waals surface area contributed by atoms with Gasteiger partial charge in [-0.1, -0.05) is 62.5 Å². The average Bonchev–Trinajstić information content (AvgIpc) is 2.59. The second-order valence-corrected chi connectivity index (χ2v) is 7.35. The molecule has 0 bridgehead atoms. The first kappa shape index (κ1) is 19.1. The molecule has 0 spiro atoms. The monoisotopic (exact) mass is 444 g/mol. The fraction of sp³-hybridized carbons (Fsp3) is 0.364. The Morgan fingerprint density at radius 3 is 1.50 bits per heavy atom. The summed E-state index contributed by atoms with van der Waals surface area (Å²) in [7, 11) is 0. The van der Waals surface area contributed by atoms with Crippen LogP contribution in [0.2, 0.25) is 0 Å². The molecule has 24 heavy (non-hydrogen) atoms. The molecule has 2 heteroatoms. The summed E-state index contributed by atoms with van der Waals surface area (Å²) in [6, 6.07) is 8.44. The molecule has 0 aromatic heterocycles. The van der Waals surface area contributed by atoms with Crippen molar-refractivity contribution in [1.82, 2.24) is 0 Å². The normalized spacial score (nSPS) is 10.0. The molecule has 0 aliphatic heterocycles. The van der Waals surface area contributed by atoms with Crippen molar-refractivity contribution in [1.29, 1.82) is 0 Å². The molecule has 0 aliphatic rings. The van der Waals surface area contributed by atoms with Crippen molar-refractivity contribution < 1.29 is 0 Å². The van der Waals surface area contributed by atoms with Gasteiger partial charge in [-0.3, -0.25) is 0 Å². The number of benzene rings is 2. The maximum absolute atomic E-state index is 3.72. The Bertz CT molecular complexity index is 755. The van der Waals surface area contributed by atoms with E-state index in [1.54, 1.807) is 0 Å². The van der Waals surface area contributed by atoms with Gasteiger partial charge in [0.2, 0.25) is 0 Å². The van der Waals surface area contributed by atoms with Crippen molar-refractivity contribution in [3.05, 3.63) is 44.3 Å². The Kier molecular flexibility index (Phi) is 7.90. The molecule has 2 rings (SSSR count). The summed E-state index contributed by atoms with van der Waals surface area (Å²) >= 11 is 7.45. The molecule has 0 atom stereocenters. The number of hydrogen-bond donors (Lipinski definition) is 0. The quantitative estimate of drug-likeness (QED) is 0.338. The molecule has 0 unspecified atom stereocenters. The molecule has 0 aliphatic carbocycles. The van der Waals surface area contributed by atoms with Crippen LogP contribution in [0.1, 0.15) is 63.5 Å². The lowest BCUT2D eigenvalue weighted by molar-refractivity contribution is 0.828. The lowest BCUT2D eigenvalue weighted by Gasteiger charge is -2.07. The van der Waals surface area contributed by atoms with E-state index in [1.807, 2.05) is 0 Å². The molecule has 0 saturated carbocycles. The van der Waals surface area contributed by atoms with Gasteiger partial charge in [0.05, 0.1) is 0 Å². The van der Waals surface area contributed by atoms with Crippen molar-refractivity contribution in [3.8, 4) is 23.7 Å². The topological polar surface area (TPSA) is 0 Å². The van der Waals surface area contributed by atoms with Crippen LogP contribution in [0.3, 0.4) is 0 Å². The molecule has 124 valence electrons. The van der Waals surface area contributed by atoms with Crippen LogP contribution in [0.15, 0.2) is 33.2 Å². The van der Waals surface area contributed by atoms with Gasteiger partial charge in [-0.05, 0) is 67.6 Å². The standard InChI is InChI=1S/C22H22Br2/c1-3-5-7-9-11-17-13-15-20-19(21(17)23)16-14-18(22(20)24)12-10-8-6-4-2/h13-16H,3-8H2,1-2H3. The van der Waals surface area contributed by atoms with Crippen molar-refractivity contribution in [3.63, 3.8) is 0 Å². The Labute approximate surface area is 162 Å². The summed E-state index contributed by atoms with van der Waals surface area (Å²) in [6.45, 7) is 4.38. The van der Waals surface area contributed by atoms with Gasteiger partial charge >= 0.3 is 0 Å². The molecule has 2 aromatic rings.